The standard InChI is InChI=1S/C11H21NO/c1-4-9(2)7-12-6-5-11(13)10(3)8-12/h9-10H,4-8H2,1-3H3. The van der Waals surface area contributed by atoms with E-state index in [-0.39, 0.29) is 5.92 Å². The zero-order valence-corrected chi connectivity index (χ0v) is 9.05. The summed E-state index contributed by atoms with van der Waals surface area (Å²) in [5.41, 5.74) is 0. The van der Waals surface area contributed by atoms with Crippen LogP contribution in [0.1, 0.15) is 33.6 Å². The molecule has 0 aromatic carbocycles. The molecule has 0 N–H and O–H groups in total. The summed E-state index contributed by atoms with van der Waals surface area (Å²) < 4.78 is 0. The molecule has 0 bridgehead atoms. The molecule has 2 nitrogen and oxygen atoms in total. The fourth-order valence-electron chi connectivity index (χ4n) is 1.83. The fourth-order valence-corrected chi connectivity index (χ4v) is 1.83. The van der Waals surface area contributed by atoms with Crippen molar-refractivity contribution in [3.8, 4) is 0 Å². The summed E-state index contributed by atoms with van der Waals surface area (Å²) >= 11 is 0. The maximum atomic E-state index is 11.3. The van der Waals surface area contributed by atoms with Crippen LogP contribution in [0.25, 0.3) is 0 Å². The van der Waals surface area contributed by atoms with E-state index in [1.807, 2.05) is 6.92 Å². The lowest BCUT2D eigenvalue weighted by Gasteiger charge is -2.31. The van der Waals surface area contributed by atoms with Crippen molar-refractivity contribution in [2.45, 2.75) is 33.6 Å². The van der Waals surface area contributed by atoms with Gasteiger partial charge in [-0.25, -0.2) is 0 Å². The molecule has 2 unspecified atom stereocenters. The number of ketones is 1. The van der Waals surface area contributed by atoms with Crippen molar-refractivity contribution in [3.05, 3.63) is 0 Å². The summed E-state index contributed by atoms with van der Waals surface area (Å²) in [7, 11) is 0. The molecule has 2 atom stereocenters. The third-order valence-corrected chi connectivity index (χ3v) is 3.02. The van der Waals surface area contributed by atoms with E-state index in [0.29, 0.717) is 5.78 Å². The molecule has 76 valence electrons. The summed E-state index contributed by atoms with van der Waals surface area (Å²) in [5, 5.41) is 0. The first kappa shape index (κ1) is 10.7. The first-order valence-electron chi connectivity index (χ1n) is 5.38. The Morgan fingerprint density at radius 2 is 2.31 bits per heavy atom. The van der Waals surface area contributed by atoms with Gasteiger partial charge in [0.25, 0.3) is 0 Å². The summed E-state index contributed by atoms with van der Waals surface area (Å²) in [6, 6.07) is 0. The highest BCUT2D eigenvalue weighted by molar-refractivity contribution is 5.81. The first-order valence-corrected chi connectivity index (χ1v) is 5.38. The van der Waals surface area contributed by atoms with E-state index in [1.54, 1.807) is 0 Å². The number of rotatable bonds is 3. The molecule has 0 radical (unpaired) electrons. The van der Waals surface area contributed by atoms with Gasteiger partial charge in [0.05, 0.1) is 0 Å². The topological polar surface area (TPSA) is 20.3 Å². The van der Waals surface area contributed by atoms with Gasteiger partial charge in [0.15, 0.2) is 0 Å². The van der Waals surface area contributed by atoms with Gasteiger partial charge in [-0.05, 0) is 5.92 Å². The molecule has 1 saturated heterocycles. The minimum absolute atomic E-state index is 0.262. The molecule has 0 saturated carbocycles. The Hall–Kier alpha value is -0.370. The van der Waals surface area contributed by atoms with E-state index < -0.39 is 0 Å². The van der Waals surface area contributed by atoms with Crippen LogP contribution in [0.2, 0.25) is 0 Å². The van der Waals surface area contributed by atoms with E-state index >= 15 is 0 Å². The molecule has 0 aliphatic carbocycles. The second kappa shape index (κ2) is 4.75. The van der Waals surface area contributed by atoms with E-state index in [0.717, 1.165) is 32.0 Å². The number of Topliss-reactive ketones (excluding diaryl/α,β-unsaturated/α-hetero) is 1. The van der Waals surface area contributed by atoms with Crippen LogP contribution in [-0.2, 0) is 4.79 Å². The van der Waals surface area contributed by atoms with Crippen LogP contribution in [0.5, 0.6) is 0 Å². The van der Waals surface area contributed by atoms with Gasteiger partial charge in [0, 0.05) is 32.0 Å². The smallest absolute Gasteiger partial charge is 0.138 e. The highest BCUT2D eigenvalue weighted by Gasteiger charge is 2.23. The first-order chi connectivity index (χ1) is 6.13. The van der Waals surface area contributed by atoms with Gasteiger partial charge in [-0.1, -0.05) is 27.2 Å². The Morgan fingerprint density at radius 3 is 2.85 bits per heavy atom. The molecule has 0 aromatic rings. The Balaban J connectivity index is 2.33. The van der Waals surface area contributed by atoms with E-state index in [4.69, 9.17) is 0 Å². The summed E-state index contributed by atoms with van der Waals surface area (Å²) in [5.74, 6) is 1.47. The van der Waals surface area contributed by atoms with Gasteiger partial charge >= 0.3 is 0 Å². The predicted octanol–water partition coefficient (Wildman–Crippen LogP) is 1.94. The van der Waals surface area contributed by atoms with E-state index in [2.05, 4.69) is 18.7 Å². The Morgan fingerprint density at radius 1 is 1.62 bits per heavy atom. The van der Waals surface area contributed by atoms with Crippen molar-refractivity contribution >= 4 is 5.78 Å². The molecule has 13 heavy (non-hydrogen) atoms. The lowest BCUT2D eigenvalue weighted by molar-refractivity contribution is -0.125. The number of hydrogen-bond donors (Lipinski definition) is 0. The number of piperidine rings is 1. The van der Waals surface area contributed by atoms with Crippen LogP contribution in [0, 0.1) is 11.8 Å². The molecular weight excluding hydrogens is 162 g/mol. The van der Waals surface area contributed by atoms with Crippen molar-refractivity contribution in [1.82, 2.24) is 4.90 Å². The zero-order chi connectivity index (χ0) is 9.84. The highest BCUT2D eigenvalue weighted by Crippen LogP contribution is 2.14. The van der Waals surface area contributed by atoms with Crippen molar-refractivity contribution < 1.29 is 4.79 Å². The molecule has 1 aliphatic rings. The Labute approximate surface area is 81.3 Å². The number of carbonyl (C=O) groups excluding carboxylic acids is 1. The monoisotopic (exact) mass is 183 g/mol. The molecule has 2 heteroatoms. The van der Waals surface area contributed by atoms with Crippen LogP contribution >= 0.6 is 0 Å². The van der Waals surface area contributed by atoms with Gasteiger partial charge in [0.1, 0.15) is 5.78 Å². The maximum absolute atomic E-state index is 11.3. The largest absolute Gasteiger partial charge is 0.302 e. The summed E-state index contributed by atoms with van der Waals surface area (Å²) in [6.07, 6.45) is 2.00. The van der Waals surface area contributed by atoms with Crippen LogP contribution in [0.3, 0.4) is 0 Å². The van der Waals surface area contributed by atoms with Gasteiger partial charge in [-0.3, -0.25) is 4.79 Å². The Bertz CT molecular complexity index is 179. The average molecular weight is 183 g/mol. The molecule has 0 aromatic heterocycles. The molecular formula is C11H21NO. The quantitative estimate of drug-likeness (QED) is 0.666. The van der Waals surface area contributed by atoms with E-state index in [1.165, 1.54) is 6.42 Å². The maximum Gasteiger partial charge on any atom is 0.138 e. The van der Waals surface area contributed by atoms with Crippen LogP contribution < -0.4 is 0 Å². The number of likely N-dealkylation sites (tertiary alicyclic amines) is 1. The fraction of sp³-hybridized carbons (Fsp3) is 0.909. The predicted molar refractivity (Wildman–Crippen MR) is 54.7 cm³/mol. The Kier molecular flexibility index (Phi) is 3.91. The summed E-state index contributed by atoms with van der Waals surface area (Å²) in [4.78, 5) is 13.7. The number of carbonyl (C=O) groups is 1. The second-order valence-electron chi connectivity index (χ2n) is 4.39. The van der Waals surface area contributed by atoms with Gasteiger partial charge < -0.3 is 4.90 Å². The molecule has 1 fully saturated rings. The lowest BCUT2D eigenvalue weighted by Crippen LogP contribution is -2.41. The van der Waals surface area contributed by atoms with Gasteiger partial charge in [-0.2, -0.15) is 0 Å². The minimum Gasteiger partial charge on any atom is -0.302 e. The van der Waals surface area contributed by atoms with Gasteiger partial charge in [-0.15, -0.1) is 0 Å². The van der Waals surface area contributed by atoms with Crippen molar-refractivity contribution in [3.63, 3.8) is 0 Å². The van der Waals surface area contributed by atoms with Crippen molar-refractivity contribution in [1.29, 1.82) is 0 Å². The van der Waals surface area contributed by atoms with E-state index in [9.17, 15) is 4.79 Å². The van der Waals surface area contributed by atoms with Crippen molar-refractivity contribution in [2.24, 2.45) is 11.8 Å². The highest BCUT2D eigenvalue weighted by atomic mass is 16.1. The molecule has 1 aliphatic heterocycles. The minimum atomic E-state index is 0.262. The average Bonchev–Trinajstić information content (AvgIpc) is 2.11. The van der Waals surface area contributed by atoms with Crippen molar-refractivity contribution in [2.75, 3.05) is 19.6 Å². The lowest BCUT2D eigenvalue weighted by atomic mass is 9.97. The zero-order valence-electron chi connectivity index (χ0n) is 9.05. The molecule has 1 rings (SSSR count). The molecule has 0 amide bonds. The second-order valence-corrected chi connectivity index (χ2v) is 4.39. The molecule has 1 heterocycles. The molecule has 0 spiro atoms. The SMILES string of the molecule is CCC(C)CN1CCC(=O)C(C)C1. The summed E-state index contributed by atoms with van der Waals surface area (Å²) in [6.45, 7) is 9.67. The third-order valence-electron chi connectivity index (χ3n) is 3.02. The van der Waals surface area contributed by atoms with Gasteiger partial charge in [0.2, 0.25) is 0 Å². The van der Waals surface area contributed by atoms with Crippen LogP contribution in [-0.4, -0.2) is 30.3 Å². The van der Waals surface area contributed by atoms with Crippen LogP contribution in [0.15, 0.2) is 0 Å². The number of hydrogen-bond acceptors (Lipinski definition) is 2. The number of nitrogens with zero attached hydrogens (tertiary/aromatic N) is 1. The van der Waals surface area contributed by atoms with Crippen LogP contribution in [0.4, 0.5) is 0 Å². The normalized spacial score (nSPS) is 27.6. The third kappa shape index (κ3) is 3.11.